The lowest BCUT2D eigenvalue weighted by atomic mass is 9.96. The van der Waals surface area contributed by atoms with Gasteiger partial charge in [-0.2, -0.15) is 9.78 Å². The molecule has 0 aromatic carbocycles. The third-order valence-corrected chi connectivity index (χ3v) is 6.45. The number of nitrogens with one attached hydrogen (secondary N) is 1. The van der Waals surface area contributed by atoms with E-state index in [1.54, 1.807) is 32.9 Å². The molecule has 4 aromatic rings. The number of ketones is 1. The van der Waals surface area contributed by atoms with Crippen molar-refractivity contribution in [3.05, 3.63) is 72.9 Å². The maximum absolute atomic E-state index is 13.2. The van der Waals surface area contributed by atoms with E-state index in [4.69, 9.17) is 27.7 Å². The predicted molar refractivity (Wildman–Crippen MR) is 135 cm³/mol. The van der Waals surface area contributed by atoms with Gasteiger partial charge in [0.2, 0.25) is 5.78 Å². The minimum Gasteiger partial charge on any atom is -0.365 e. The highest BCUT2D eigenvalue weighted by Crippen LogP contribution is 2.28. The Kier molecular flexibility index (Phi) is 6.98. The number of rotatable bonds is 7. The lowest BCUT2D eigenvalue weighted by Gasteiger charge is -2.18. The van der Waals surface area contributed by atoms with Crippen molar-refractivity contribution in [1.82, 2.24) is 19.5 Å². The Labute approximate surface area is 214 Å². The quantitative estimate of drug-likeness (QED) is 0.323. The van der Waals surface area contributed by atoms with Gasteiger partial charge in [0.1, 0.15) is 17.8 Å². The molecule has 0 aliphatic rings. The molecular weight excluding hydrogens is 513 g/mol. The summed E-state index contributed by atoms with van der Waals surface area (Å²) in [6.07, 6.45) is 1.28. The molecule has 0 radical (unpaired) electrons. The molecule has 12 heteroatoms. The summed E-state index contributed by atoms with van der Waals surface area (Å²) < 4.78 is 7.89. The topological polar surface area (TPSA) is 112 Å². The maximum atomic E-state index is 13.2. The fourth-order valence-electron chi connectivity index (χ4n) is 3.25. The van der Waals surface area contributed by atoms with Crippen LogP contribution in [0.2, 0.25) is 9.36 Å². The molecule has 182 valence electrons. The van der Waals surface area contributed by atoms with E-state index in [1.165, 1.54) is 45.0 Å². The highest BCUT2D eigenvalue weighted by atomic mass is 35.5. The van der Waals surface area contributed by atoms with E-state index in [9.17, 15) is 14.4 Å². The molecule has 0 aliphatic heterocycles. The molecule has 0 amide bonds. The molecule has 0 aliphatic carbocycles. The van der Waals surface area contributed by atoms with Crippen molar-refractivity contribution in [3.63, 3.8) is 0 Å². The molecule has 0 atom stereocenters. The maximum Gasteiger partial charge on any atom is 0.254 e. The molecule has 0 unspecified atom stereocenters. The monoisotopic (exact) mass is 533 g/mol. The molecule has 0 saturated heterocycles. The van der Waals surface area contributed by atoms with Gasteiger partial charge in [-0.15, -0.1) is 11.3 Å². The number of hydrogen-bond donors (Lipinski definition) is 1. The number of thiophene rings is 1. The zero-order valence-corrected chi connectivity index (χ0v) is 21.4. The van der Waals surface area contributed by atoms with Gasteiger partial charge in [-0.05, 0) is 18.2 Å². The van der Waals surface area contributed by atoms with Crippen LogP contribution in [-0.4, -0.2) is 31.2 Å². The lowest BCUT2D eigenvalue weighted by molar-refractivity contribution is 0.0752. The Morgan fingerprint density at radius 1 is 1.14 bits per heavy atom. The van der Waals surface area contributed by atoms with Crippen molar-refractivity contribution in [2.75, 3.05) is 5.32 Å². The van der Waals surface area contributed by atoms with E-state index in [0.29, 0.717) is 22.4 Å². The molecule has 1 N–H and O–H groups in total. The molecule has 0 spiro atoms. The van der Waals surface area contributed by atoms with E-state index in [0.717, 1.165) is 4.88 Å². The van der Waals surface area contributed by atoms with Gasteiger partial charge in [-0.3, -0.25) is 19.0 Å². The van der Waals surface area contributed by atoms with Gasteiger partial charge in [-0.25, -0.2) is 0 Å². The second kappa shape index (κ2) is 9.80. The van der Waals surface area contributed by atoms with Crippen LogP contribution in [0.15, 0.2) is 52.0 Å². The summed E-state index contributed by atoms with van der Waals surface area (Å²) in [6, 6.07) is 9.47. The molecule has 4 aromatic heterocycles. The smallest absolute Gasteiger partial charge is 0.254 e. The average Bonchev–Trinajstić information content (AvgIpc) is 3.53. The number of anilines is 1. The van der Waals surface area contributed by atoms with Crippen molar-refractivity contribution in [2.24, 2.45) is 5.41 Å². The van der Waals surface area contributed by atoms with Crippen LogP contribution in [0.1, 0.15) is 40.9 Å². The van der Waals surface area contributed by atoms with Crippen LogP contribution in [0.4, 0.5) is 5.82 Å². The number of aromatic nitrogens is 4. The summed E-state index contributed by atoms with van der Waals surface area (Å²) in [5.41, 5.74) is -0.570. The van der Waals surface area contributed by atoms with Crippen LogP contribution >= 0.6 is 34.5 Å². The standard InChI is InChI=1S/C23H21Cl2N5O4S/c1-23(2,3)22(33)30-20(26-11-14-4-5-19(25)35-14)10-16(27-30)17-8-13(24)9-21(32)29(17)12-18(31)15-6-7-34-28-15/h4-10,26H,11-12H2,1-3H3. The Morgan fingerprint density at radius 3 is 2.54 bits per heavy atom. The van der Waals surface area contributed by atoms with Crippen molar-refractivity contribution in [3.8, 4) is 11.4 Å². The molecule has 4 heterocycles. The molecule has 0 bridgehead atoms. The number of carbonyl (C=O) groups excluding carboxylic acids is 2. The molecule has 9 nitrogen and oxygen atoms in total. The first kappa shape index (κ1) is 24.9. The van der Waals surface area contributed by atoms with Crippen molar-refractivity contribution in [1.29, 1.82) is 0 Å². The zero-order chi connectivity index (χ0) is 25.3. The number of hydrogen-bond acceptors (Lipinski definition) is 8. The van der Waals surface area contributed by atoms with Crippen LogP contribution in [-0.2, 0) is 13.1 Å². The molecule has 4 rings (SSSR count). The molecule has 35 heavy (non-hydrogen) atoms. The summed E-state index contributed by atoms with van der Waals surface area (Å²) in [5.74, 6) is -0.265. The van der Waals surface area contributed by atoms with Crippen molar-refractivity contribution < 1.29 is 14.1 Å². The number of pyridine rings is 1. The second-order valence-electron chi connectivity index (χ2n) is 8.73. The third-order valence-electron chi connectivity index (χ3n) is 5.00. The van der Waals surface area contributed by atoms with Gasteiger partial charge in [0.25, 0.3) is 11.5 Å². The van der Waals surface area contributed by atoms with Gasteiger partial charge >= 0.3 is 0 Å². The first-order valence-electron chi connectivity index (χ1n) is 10.5. The lowest BCUT2D eigenvalue weighted by Crippen LogP contribution is -2.29. The highest BCUT2D eigenvalue weighted by molar-refractivity contribution is 7.16. The third kappa shape index (κ3) is 5.55. The summed E-state index contributed by atoms with van der Waals surface area (Å²) in [4.78, 5) is 39.6. The van der Waals surface area contributed by atoms with Gasteiger partial charge < -0.3 is 9.84 Å². The number of carbonyl (C=O) groups is 2. The van der Waals surface area contributed by atoms with Crippen LogP contribution in [0.25, 0.3) is 11.4 Å². The minimum atomic E-state index is -0.733. The van der Waals surface area contributed by atoms with Crippen LogP contribution in [0, 0.1) is 5.41 Å². The van der Waals surface area contributed by atoms with Gasteiger partial charge in [0.15, 0.2) is 5.69 Å². The van der Waals surface area contributed by atoms with Crippen molar-refractivity contribution in [2.45, 2.75) is 33.9 Å². The fraction of sp³-hybridized carbons (Fsp3) is 0.261. The van der Waals surface area contributed by atoms with Crippen LogP contribution in [0.5, 0.6) is 0 Å². The summed E-state index contributed by atoms with van der Waals surface area (Å²) in [7, 11) is 0. The molecule has 0 saturated carbocycles. The highest BCUT2D eigenvalue weighted by Gasteiger charge is 2.28. The van der Waals surface area contributed by atoms with Gasteiger partial charge in [0.05, 0.1) is 23.1 Å². The van der Waals surface area contributed by atoms with Crippen molar-refractivity contribution >= 4 is 52.0 Å². The normalized spacial score (nSPS) is 11.6. The number of Topliss-reactive ketones (excluding diaryl/α,β-unsaturated/α-hetero) is 1. The van der Waals surface area contributed by atoms with E-state index in [-0.39, 0.29) is 28.9 Å². The van der Waals surface area contributed by atoms with Gasteiger partial charge in [-0.1, -0.05) is 49.1 Å². The Morgan fingerprint density at radius 2 is 1.91 bits per heavy atom. The Bertz CT molecular complexity index is 1450. The van der Waals surface area contributed by atoms with Crippen LogP contribution < -0.4 is 10.9 Å². The van der Waals surface area contributed by atoms with E-state index in [2.05, 4.69) is 15.6 Å². The SMILES string of the molecule is CC(C)(C)C(=O)n1nc(-c2cc(Cl)cc(=O)n2CC(=O)c2ccon2)cc1NCc1ccc(Cl)s1. The summed E-state index contributed by atoms with van der Waals surface area (Å²) >= 11 is 13.6. The molecular formula is C23H21Cl2N5O4S. The second-order valence-corrected chi connectivity index (χ2v) is 11.0. The van der Waals surface area contributed by atoms with E-state index >= 15 is 0 Å². The summed E-state index contributed by atoms with van der Waals surface area (Å²) in [6.45, 7) is 5.45. The fourth-order valence-corrected chi connectivity index (χ4v) is 4.47. The number of halogens is 2. The minimum absolute atomic E-state index is 0.0863. The number of nitrogens with zero attached hydrogens (tertiary/aromatic N) is 4. The first-order valence-corrected chi connectivity index (χ1v) is 12.1. The van der Waals surface area contributed by atoms with E-state index in [1.807, 2.05) is 6.07 Å². The average molecular weight is 534 g/mol. The Hall–Kier alpha value is -3.21. The Balaban J connectivity index is 1.77. The first-order chi connectivity index (χ1) is 16.5. The summed E-state index contributed by atoms with van der Waals surface area (Å²) in [5, 5.41) is 11.5. The van der Waals surface area contributed by atoms with Crippen LogP contribution in [0.3, 0.4) is 0 Å². The zero-order valence-electron chi connectivity index (χ0n) is 19.0. The van der Waals surface area contributed by atoms with Gasteiger partial charge in [0, 0.05) is 33.5 Å². The predicted octanol–water partition coefficient (Wildman–Crippen LogP) is 5.25. The molecule has 0 fully saturated rings. The largest absolute Gasteiger partial charge is 0.365 e. The van der Waals surface area contributed by atoms with E-state index < -0.39 is 16.8 Å².